The number of aldehydes is 1. The highest BCUT2D eigenvalue weighted by Crippen LogP contribution is 2.10. The molecule has 0 fully saturated rings. The largest absolute Gasteiger partial charge is 0.480 e. The Hall–Kier alpha value is -1.76. The average molecular weight is 322 g/mol. The number of aliphatic carboxylic acids is 1. The first kappa shape index (κ1) is 19.3. The van der Waals surface area contributed by atoms with E-state index in [-0.39, 0.29) is 0 Å². The molecular weight excluding hydrogens is 296 g/mol. The molecule has 6 heteroatoms. The van der Waals surface area contributed by atoms with Crippen molar-refractivity contribution in [1.82, 2.24) is 10.6 Å². The van der Waals surface area contributed by atoms with Gasteiger partial charge in [0.2, 0.25) is 0 Å². The molecule has 0 saturated heterocycles. The van der Waals surface area contributed by atoms with Gasteiger partial charge in [-0.05, 0) is 25.8 Å². The van der Waals surface area contributed by atoms with Crippen LogP contribution >= 0.6 is 0 Å². The van der Waals surface area contributed by atoms with Crippen molar-refractivity contribution in [3.8, 4) is 0 Å². The quantitative estimate of drug-likeness (QED) is 0.375. The van der Waals surface area contributed by atoms with Crippen molar-refractivity contribution < 1.29 is 19.8 Å². The molecular formula is C17H26N2O4. The molecule has 128 valence electrons. The zero-order chi connectivity index (χ0) is 17.4. The molecule has 0 heterocycles. The van der Waals surface area contributed by atoms with Crippen molar-refractivity contribution in [1.29, 1.82) is 0 Å². The van der Waals surface area contributed by atoms with E-state index < -0.39 is 36.2 Å². The van der Waals surface area contributed by atoms with Crippen molar-refractivity contribution >= 4 is 12.3 Å². The molecule has 5 atom stereocenters. The van der Waals surface area contributed by atoms with E-state index in [1.807, 2.05) is 30.3 Å². The summed E-state index contributed by atoms with van der Waals surface area (Å²) < 4.78 is 0. The normalized spacial score (nSPS) is 17.7. The molecule has 4 N–H and O–H groups in total. The fourth-order valence-electron chi connectivity index (χ4n) is 2.38. The number of carboxylic acid groups (broad SMARTS) is 1. The van der Waals surface area contributed by atoms with Crippen LogP contribution in [0.2, 0.25) is 0 Å². The molecule has 23 heavy (non-hydrogen) atoms. The second kappa shape index (κ2) is 9.39. The summed E-state index contributed by atoms with van der Waals surface area (Å²) in [6.07, 6.45) is 0.206. The standard InChI is InChI=1S/C17H26N2O4/c1-11(12(2)21)16(17(22)23)19-13(3)18-15(10-20)9-14-7-5-4-6-8-14/h4-8,10-13,15-16,18-19,21H,9H2,1-3H3,(H,22,23)/t11-,12-,13?,15+,16-/m0/s1. The van der Waals surface area contributed by atoms with E-state index in [1.54, 1.807) is 20.8 Å². The lowest BCUT2D eigenvalue weighted by Gasteiger charge is -2.28. The van der Waals surface area contributed by atoms with Gasteiger partial charge in [-0.15, -0.1) is 0 Å². The van der Waals surface area contributed by atoms with Crippen LogP contribution < -0.4 is 10.6 Å². The van der Waals surface area contributed by atoms with E-state index in [9.17, 15) is 19.8 Å². The minimum atomic E-state index is -1.03. The Balaban J connectivity index is 2.62. The maximum absolute atomic E-state index is 11.4. The molecule has 0 aliphatic rings. The zero-order valence-corrected chi connectivity index (χ0v) is 13.8. The predicted octanol–water partition coefficient (Wildman–Crippen LogP) is 0.792. The number of aliphatic hydroxyl groups excluding tert-OH is 1. The number of rotatable bonds is 10. The van der Waals surface area contributed by atoms with E-state index in [1.165, 1.54) is 0 Å². The third kappa shape index (κ3) is 6.48. The van der Waals surface area contributed by atoms with Gasteiger partial charge in [0.05, 0.1) is 18.3 Å². The molecule has 1 rings (SSSR count). The minimum absolute atomic E-state index is 0.392. The van der Waals surface area contributed by atoms with Crippen LogP contribution in [0.5, 0.6) is 0 Å². The Morgan fingerprint density at radius 1 is 1.17 bits per heavy atom. The fourth-order valence-corrected chi connectivity index (χ4v) is 2.38. The second-order valence-electron chi connectivity index (χ2n) is 5.90. The van der Waals surface area contributed by atoms with Crippen molar-refractivity contribution in [2.45, 2.75) is 51.5 Å². The number of carbonyl (C=O) groups is 2. The van der Waals surface area contributed by atoms with Crippen LogP contribution in [0.4, 0.5) is 0 Å². The lowest BCUT2D eigenvalue weighted by atomic mass is 9.96. The topological polar surface area (TPSA) is 98.7 Å². The maximum Gasteiger partial charge on any atom is 0.321 e. The van der Waals surface area contributed by atoms with Crippen LogP contribution in [0.25, 0.3) is 0 Å². The smallest absolute Gasteiger partial charge is 0.321 e. The molecule has 0 radical (unpaired) electrons. The summed E-state index contributed by atoms with van der Waals surface area (Å²) in [5.41, 5.74) is 1.02. The van der Waals surface area contributed by atoms with Crippen LogP contribution in [0.3, 0.4) is 0 Å². The summed E-state index contributed by atoms with van der Waals surface area (Å²) in [4.78, 5) is 22.6. The SMILES string of the molecule is CC(N[C@H](C(=O)O)[C@@H](C)[C@H](C)O)N[C@@H](C=O)Cc1ccccc1. The van der Waals surface area contributed by atoms with Gasteiger partial charge < -0.3 is 15.0 Å². The van der Waals surface area contributed by atoms with Crippen LogP contribution in [0.1, 0.15) is 26.3 Å². The maximum atomic E-state index is 11.4. The van der Waals surface area contributed by atoms with Gasteiger partial charge in [-0.2, -0.15) is 0 Å². The number of hydrogen-bond donors (Lipinski definition) is 4. The minimum Gasteiger partial charge on any atom is -0.480 e. The molecule has 1 aromatic rings. The van der Waals surface area contributed by atoms with E-state index in [2.05, 4.69) is 10.6 Å². The first-order valence-corrected chi connectivity index (χ1v) is 7.77. The second-order valence-corrected chi connectivity index (χ2v) is 5.90. The summed E-state index contributed by atoms with van der Waals surface area (Å²) in [5.74, 6) is -1.49. The van der Waals surface area contributed by atoms with Gasteiger partial charge in [0, 0.05) is 5.92 Å². The highest BCUT2D eigenvalue weighted by molar-refractivity contribution is 5.74. The van der Waals surface area contributed by atoms with Gasteiger partial charge in [-0.25, -0.2) is 0 Å². The molecule has 0 amide bonds. The van der Waals surface area contributed by atoms with Crippen molar-refractivity contribution in [3.63, 3.8) is 0 Å². The lowest BCUT2D eigenvalue weighted by molar-refractivity contribution is -0.142. The van der Waals surface area contributed by atoms with Gasteiger partial charge in [0.15, 0.2) is 0 Å². The van der Waals surface area contributed by atoms with Crippen LogP contribution in [-0.4, -0.2) is 46.8 Å². The average Bonchev–Trinajstić information content (AvgIpc) is 2.51. The Kier molecular flexibility index (Phi) is 7.88. The number of nitrogens with one attached hydrogen (secondary N) is 2. The fraction of sp³-hybridized carbons (Fsp3) is 0.529. The van der Waals surface area contributed by atoms with Gasteiger partial charge >= 0.3 is 5.97 Å². The zero-order valence-electron chi connectivity index (χ0n) is 13.8. The van der Waals surface area contributed by atoms with Gasteiger partial charge in [-0.1, -0.05) is 37.3 Å². The van der Waals surface area contributed by atoms with Gasteiger partial charge in [-0.3, -0.25) is 15.4 Å². The Labute approximate surface area is 136 Å². The van der Waals surface area contributed by atoms with Crippen LogP contribution in [0, 0.1) is 5.92 Å². The Morgan fingerprint density at radius 2 is 1.78 bits per heavy atom. The molecule has 1 aromatic carbocycles. The first-order valence-electron chi connectivity index (χ1n) is 7.77. The van der Waals surface area contributed by atoms with Gasteiger partial charge in [0.1, 0.15) is 12.3 Å². The summed E-state index contributed by atoms with van der Waals surface area (Å²) in [6, 6.07) is 8.27. The van der Waals surface area contributed by atoms with E-state index in [4.69, 9.17) is 0 Å². The lowest BCUT2D eigenvalue weighted by Crippen LogP contribution is -2.55. The highest BCUT2D eigenvalue weighted by Gasteiger charge is 2.29. The highest BCUT2D eigenvalue weighted by atomic mass is 16.4. The third-order valence-corrected chi connectivity index (χ3v) is 3.91. The van der Waals surface area contributed by atoms with E-state index >= 15 is 0 Å². The van der Waals surface area contributed by atoms with Crippen molar-refractivity contribution in [3.05, 3.63) is 35.9 Å². The van der Waals surface area contributed by atoms with E-state index in [0.717, 1.165) is 11.8 Å². The van der Waals surface area contributed by atoms with E-state index in [0.29, 0.717) is 6.42 Å². The van der Waals surface area contributed by atoms with Gasteiger partial charge in [0.25, 0.3) is 0 Å². The summed E-state index contributed by atoms with van der Waals surface area (Å²) in [7, 11) is 0. The Morgan fingerprint density at radius 3 is 2.26 bits per heavy atom. The number of aliphatic hydroxyl groups is 1. The number of carbonyl (C=O) groups excluding carboxylic acids is 1. The molecule has 0 aromatic heterocycles. The number of hydrogen-bond acceptors (Lipinski definition) is 5. The molecule has 0 aliphatic carbocycles. The number of benzene rings is 1. The molecule has 0 bridgehead atoms. The molecule has 0 saturated carbocycles. The molecule has 0 spiro atoms. The summed E-state index contributed by atoms with van der Waals surface area (Å²) in [6.45, 7) is 4.99. The molecule has 1 unspecified atom stereocenters. The van der Waals surface area contributed by atoms with Crippen molar-refractivity contribution in [2.75, 3.05) is 0 Å². The molecule has 0 aliphatic heterocycles. The van der Waals surface area contributed by atoms with Crippen LogP contribution in [0.15, 0.2) is 30.3 Å². The monoisotopic (exact) mass is 322 g/mol. The first-order chi connectivity index (χ1) is 10.8. The van der Waals surface area contributed by atoms with Crippen LogP contribution in [-0.2, 0) is 16.0 Å². The van der Waals surface area contributed by atoms with Crippen molar-refractivity contribution in [2.24, 2.45) is 5.92 Å². The number of carboxylic acids is 1. The Bertz CT molecular complexity index is 493. The summed E-state index contributed by atoms with van der Waals surface area (Å²) in [5, 5.41) is 24.9. The predicted molar refractivity (Wildman–Crippen MR) is 88.0 cm³/mol. The molecule has 6 nitrogen and oxygen atoms in total. The summed E-state index contributed by atoms with van der Waals surface area (Å²) >= 11 is 0. The third-order valence-electron chi connectivity index (χ3n) is 3.91.